The number of ether oxygens (including phenoxy) is 1. The average molecular weight is 320 g/mol. The predicted molar refractivity (Wildman–Crippen MR) is 78.3 cm³/mol. The van der Waals surface area contributed by atoms with E-state index in [1.54, 1.807) is 0 Å². The Kier molecular flexibility index (Phi) is 5.42. The quantitative estimate of drug-likeness (QED) is 0.221. The van der Waals surface area contributed by atoms with Crippen molar-refractivity contribution in [2.45, 2.75) is 44.1 Å². The van der Waals surface area contributed by atoms with Crippen molar-refractivity contribution < 1.29 is 18.4 Å². The van der Waals surface area contributed by atoms with Crippen molar-refractivity contribution in [2.75, 3.05) is 26.3 Å². The first-order valence-corrected chi connectivity index (χ1v) is 8.79. The normalized spacial score (nSPS) is 25.4. The fraction of sp³-hybridized carbons (Fsp3) is 0.917. The van der Waals surface area contributed by atoms with Gasteiger partial charge in [-0.3, -0.25) is 0 Å². The molecule has 0 atom stereocenters. The van der Waals surface area contributed by atoms with Crippen molar-refractivity contribution in [3.05, 3.63) is 0 Å². The highest BCUT2D eigenvalue weighted by atomic mass is 32.2. The Morgan fingerprint density at radius 1 is 1.19 bits per heavy atom. The van der Waals surface area contributed by atoms with E-state index in [2.05, 4.69) is 9.88 Å². The Labute approximate surface area is 125 Å². The zero-order valence-corrected chi connectivity index (χ0v) is 12.9. The van der Waals surface area contributed by atoms with Crippen LogP contribution >= 0.6 is 0 Å². The molecule has 1 heterocycles. The molecule has 0 aromatic heterocycles. The fourth-order valence-corrected chi connectivity index (χ4v) is 4.50. The lowest BCUT2D eigenvalue weighted by molar-refractivity contribution is 0.0720. The number of oxime groups is 1. The minimum Gasteiger partial charge on any atom is -0.409 e. The highest BCUT2D eigenvalue weighted by Gasteiger charge is 2.41. The molecule has 21 heavy (non-hydrogen) atoms. The third-order valence-electron chi connectivity index (χ3n) is 4.19. The van der Waals surface area contributed by atoms with Crippen LogP contribution in [0.1, 0.15) is 38.5 Å². The maximum Gasteiger partial charge on any atom is 0.280 e. The summed E-state index contributed by atoms with van der Waals surface area (Å²) in [6.45, 7) is 1.41. The molecule has 1 saturated carbocycles. The van der Waals surface area contributed by atoms with Gasteiger partial charge in [0, 0.05) is 13.1 Å². The molecule has 1 aliphatic carbocycles. The van der Waals surface area contributed by atoms with Crippen molar-refractivity contribution >= 4 is 16.0 Å². The predicted octanol–water partition coefficient (Wildman–Crippen LogP) is -0.00760. The molecular weight excluding hydrogens is 296 g/mol. The van der Waals surface area contributed by atoms with E-state index in [0.29, 0.717) is 39.1 Å². The Balaban J connectivity index is 2.21. The molecule has 4 N–H and O–H groups in total. The zero-order valence-electron chi connectivity index (χ0n) is 12.1. The summed E-state index contributed by atoms with van der Waals surface area (Å²) in [5.41, 5.74) is 4.83. The van der Waals surface area contributed by atoms with Crippen molar-refractivity contribution in [1.82, 2.24) is 9.03 Å². The van der Waals surface area contributed by atoms with Gasteiger partial charge in [0.15, 0.2) is 5.84 Å². The lowest BCUT2D eigenvalue weighted by Crippen LogP contribution is -2.61. The zero-order chi connectivity index (χ0) is 15.3. The standard InChI is InChI=1S/C12H24N4O4S/c13-11(14-17)12(5-3-1-2-4-6-12)15-21(18,19)16-7-9-20-10-8-16/h15,17H,1-10H2,(H2,13,14). The van der Waals surface area contributed by atoms with Gasteiger partial charge in [-0.15, -0.1) is 0 Å². The van der Waals surface area contributed by atoms with Gasteiger partial charge in [-0.2, -0.15) is 17.4 Å². The van der Waals surface area contributed by atoms with E-state index >= 15 is 0 Å². The van der Waals surface area contributed by atoms with Crippen LogP contribution in [-0.2, 0) is 14.9 Å². The molecule has 0 radical (unpaired) electrons. The van der Waals surface area contributed by atoms with Gasteiger partial charge in [-0.05, 0) is 12.8 Å². The average Bonchev–Trinajstić information content (AvgIpc) is 2.73. The van der Waals surface area contributed by atoms with Crippen molar-refractivity contribution in [3.63, 3.8) is 0 Å². The molecule has 2 fully saturated rings. The van der Waals surface area contributed by atoms with E-state index < -0.39 is 15.7 Å². The van der Waals surface area contributed by atoms with Gasteiger partial charge in [0.1, 0.15) is 0 Å². The molecule has 0 unspecified atom stereocenters. The first-order chi connectivity index (χ1) is 10.0. The van der Waals surface area contributed by atoms with E-state index in [1.807, 2.05) is 0 Å². The summed E-state index contributed by atoms with van der Waals surface area (Å²) in [7, 11) is -3.68. The molecule has 122 valence electrons. The minimum absolute atomic E-state index is 0.0544. The van der Waals surface area contributed by atoms with Crippen LogP contribution in [0.2, 0.25) is 0 Å². The van der Waals surface area contributed by atoms with Gasteiger partial charge < -0.3 is 15.7 Å². The van der Waals surface area contributed by atoms with Crippen LogP contribution in [-0.4, -0.2) is 55.6 Å². The van der Waals surface area contributed by atoms with E-state index in [-0.39, 0.29) is 5.84 Å². The molecule has 2 rings (SSSR count). The Morgan fingerprint density at radius 3 is 2.29 bits per heavy atom. The molecule has 0 bridgehead atoms. The second kappa shape index (κ2) is 6.91. The third-order valence-corrected chi connectivity index (χ3v) is 5.88. The van der Waals surface area contributed by atoms with Gasteiger partial charge in [-0.25, -0.2) is 0 Å². The van der Waals surface area contributed by atoms with E-state index in [9.17, 15) is 8.42 Å². The van der Waals surface area contributed by atoms with Crippen LogP contribution in [0.4, 0.5) is 0 Å². The van der Waals surface area contributed by atoms with Crippen LogP contribution in [0.15, 0.2) is 5.16 Å². The molecule has 0 amide bonds. The van der Waals surface area contributed by atoms with E-state index in [0.717, 1.165) is 25.7 Å². The molecular formula is C12H24N4O4S. The smallest absolute Gasteiger partial charge is 0.280 e. The summed E-state index contributed by atoms with van der Waals surface area (Å²) < 4.78 is 34.3. The van der Waals surface area contributed by atoms with Gasteiger partial charge in [0.2, 0.25) is 0 Å². The molecule has 1 aliphatic heterocycles. The van der Waals surface area contributed by atoms with Gasteiger partial charge in [-0.1, -0.05) is 30.8 Å². The molecule has 8 nitrogen and oxygen atoms in total. The second-order valence-electron chi connectivity index (χ2n) is 5.60. The summed E-state index contributed by atoms with van der Waals surface area (Å²) in [5, 5.41) is 12.1. The second-order valence-corrected chi connectivity index (χ2v) is 7.27. The fourth-order valence-electron chi connectivity index (χ4n) is 2.94. The monoisotopic (exact) mass is 320 g/mol. The lowest BCUT2D eigenvalue weighted by Gasteiger charge is -2.35. The first kappa shape index (κ1) is 16.5. The maximum absolute atomic E-state index is 12.6. The maximum atomic E-state index is 12.6. The minimum atomic E-state index is -3.68. The van der Waals surface area contributed by atoms with Crippen LogP contribution < -0.4 is 10.5 Å². The Hall–Kier alpha value is -0.900. The molecule has 2 aliphatic rings. The lowest BCUT2D eigenvalue weighted by atomic mass is 9.90. The van der Waals surface area contributed by atoms with Crippen LogP contribution in [0.25, 0.3) is 0 Å². The number of nitrogens with two attached hydrogens (primary N) is 1. The van der Waals surface area contributed by atoms with Gasteiger partial charge in [0.25, 0.3) is 10.2 Å². The highest BCUT2D eigenvalue weighted by Crippen LogP contribution is 2.28. The van der Waals surface area contributed by atoms with Crippen LogP contribution in [0.5, 0.6) is 0 Å². The molecule has 9 heteroatoms. The highest BCUT2D eigenvalue weighted by molar-refractivity contribution is 7.87. The van der Waals surface area contributed by atoms with Gasteiger partial charge in [0.05, 0.1) is 18.8 Å². The number of nitrogens with zero attached hydrogens (tertiary/aromatic N) is 2. The van der Waals surface area contributed by atoms with E-state index in [4.69, 9.17) is 15.7 Å². The number of hydrogen-bond acceptors (Lipinski definition) is 5. The van der Waals surface area contributed by atoms with Crippen molar-refractivity contribution in [3.8, 4) is 0 Å². The van der Waals surface area contributed by atoms with Crippen LogP contribution in [0.3, 0.4) is 0 Å². The Morgan fingerprint density at radius 2 is 1.76 bits per heavy atom. The Bertz CT molecular complexity index is 466. The SMILES string of the molecule is N/C(=N/O)C1(NS(=O)(=O)N2CCOCC2)CCCCCC1. The van der Waals surface area contributed by atoms with Gasteiger partial charge >= 0.3 is 0 Å². The first-order valence-electron chi connectivity index (χ1n) is 7.35. The van der Waals surface area contributed by atoms with Crippen molar-refractivity contribution in [1.29, 1.82) is 0 Å². The number of rotatable bonds is 4. The number of nitrogens with one attached hydrogen (secondary N) is 1. The van der Waals surface area contributed by atoms with Crippen LogP contribution in [0, 0.1) is 0 Å². The van der Waals surface area contributed by atoms with Crippen molar-refractivity contribution in [2.24, 2.45) is 10.9 Å². The summed E-state index contributed by atoms with van der Waals surface area (Å²) in [6.07, 6.45) is 4.85. The summed E-state index contributed by atoms with van der Waals surface area (Å²) in [6, 6.07) is 0. The molecule has 1 saturated heterocycles. The summed E-state index contributed by atoms with van der Waals surface area (Å²) in [5.74, 6) is -0.0544. The third kappa shape index (κ3) is 3.85. The molecule has 0 aromatic carbocycles. The number of morpholine rings is 1. The molecule has 0 aromatic rings. The molecule has 0 spiro atoms. The topological polar surface area (TPSA) is 117 Å². The van der Waals surface area contributed by atoms with E-state index in [1.165, 1.54) is 4.31 Å². The number of amidine groups is 1. The summed E-state index contributed by atoms with van der Waals surface area (Å²) in [4.78, 5) is 0. The largest absolute Gasteiger partial charge is 0.409 e. The number of hydrogen-bond donors (Lipinski definition) is 3. The summed E-state index contributed by atoms with van der Waals surface area (Å²) >= 11 is 0.